The molecule has 1 N–H and O–H groups in total. The number of allylic oxidation sites excluding steroid dienone is 4. The molecular formula is C33H46N2O3. The maximum absolute atomic E-state index is 14.4. The molecule has 5 aliphatic carbocycles. The van der Waals surface area contributed by atoms with Crippen molar-refractivity contribution in [3.63, 3.8) is 0 Å². The van der Waals surface area contributed by atoms with Gasteiger partial charge in [0.2, 0.25) is 5.91 Å². The van der Waals surface area contributed by atoms with Crippen molar-refractivity contribution in [2.24, 2.45) is 50.7 Å². The van der Waals surface area contributed by atoms with Gasteiger partial charge < -0.3 is 5.32 Å². The van der Waals surface area contributed by atoms with Crippen LogP contribution in [0.5, 0.6) is 0 Å². The van der Waals surface area contributed by atoms with Gasteiger partial charge in [-0.1, -0.05) is 53.2 Å². The lowest BCUT2D eigenvalue weighted by molar-refractivity contribution is -0.171. The van der Waals surface area contributed by atoms with Crippen molar-refractivity contribution in [1.82, 2.24) is 5.32 Å². The normalized spacial score (nSPS) is 45.3. The minimum absolute atomic E-state index is 0.0321. The Kier molecular flexibility index (Phi) is 6.22. The lowest BCUT2D eigenvalue weighted by atomic mass is 9.34. The standard InChI is InChI=1S/C33H46N2O3/c1-20-22-8-10-31(5)25(30(22,4)17-21(19-34)28(20)38)16-24(36)27-23-18-29(2,3)12-14-33(23,11-9-26(37)35-7)15-13-32(27,31)6/h16-17,20,22-23,27H,8-15,18H2,1-7H3,(H,35,37)/t20-,22-,23?,27+,30-,31+,32+,33+/m0/s1. The van der Waals surface area contributed by atoms with E-state index in [1.165, 1.54) is 0 Å². The van der Waals surface area contributed by atoms with Crippen LogP contribution in [0, 0.1) is 62.1 Å². The molecule has 0 saturated heterocycles. The second-order valence-electron chi connectivity index (χ2n) is 14.9. The molecule has 5 rings (SSSR count). The molecule has 5 heteroatoms. The number of carbonyl (C=O) groups is 3. The van der Waals surface area contributed by atoms with Crippen LogP contribution in [0.3, 0.4) is 0 Å². The summed E-state index contributed by atoms with van der Waals surface area (Å²) in [5.41, 5.74) is 0.790. The summed E-state index contributed by atoms with van der Waals surface area (Å²) in [7, 11) is 1.71. The van der Waals surface area contributed by atoms with Gasteiger partial charge in [-0.15, -0.1) is 0 Å². The molecule has 3 fully saturated rings. The van der Waals surface area contributed by atoms with E-state index in [4.69, 9.17) is 0 Å². The number of fused-ring (bicyclic) bond motifs is 7. The van der Waals surface area contributed by atoms with Crippen LogP contribution in [0.25, 0.3) is 0 Å². The number of nitrogens with zero attached hydrogens (tertiary/aromatic N) is 1. The first kappa shape index (κ1) is 27.4. The number of nitriles is 1. The summed E-state index contributed by atoms with van der Waals surface area (Å²) in [4.78, 5) is 39.7. The molecule has 0 aromatic heterocycles. The molecule has 206 valence electrons. The van der Waals surface area contributed by atoms with Crippen LogP contribution in [0.4, 0.5) is 0 Å². The third kappa shape index (κ3) is 3.57. The van der Waals surface area contributed by atoms with Crippen molar-refractivity contribution in [3.05, 3.63) is 23.3 Å². The highest BCUT2D eigenvalue weighted by molar-refractivity contribution is 6.02. The highest BCUT2D eigenvalue weighted by Crippen LogP contribution is 2.74. The van der Waals surface area contributed by atoms with E-state index in [-0.39, 0.29) is 68.4 Å². The quantitative estimate of drug-likeness (QED) is 0.472. The van der Waals surface area contributed by atoms with E-state index < -0.39 is 5.41 Å². The van der Waals surface area contributed by atoms with E-state index >= 15 is 0 Å². The number of nitrogens with one attached hydrogen (secondary N) is 1. The van der Waals surface area contributed by atoms with Gasteiger partial charge in [-0.05, 0) is 90.9 Å². The number of Topliss-reactive ketones (excluding diaryl/α,β-unsaturated/α-hetero) is 1. The van der Waals surface area contributed by atoms with Crippen molar-refractivity contribution in [1.29, 1.82) is 5.26 Å². The number of ketones is 2. The van der Waals surface area contributed by atoms with Gasteiger partial charge in [0.1, 0.15) is 6.07 Å². The molecule has 38 heavy (non-hydrogen) atoms. The van der Waals surface area contributed by atoms with Crippen molar-refractivity contribution in [2.75, 3.05) is 7.05 Å². The summed E-state index contributed by atoms with van der Waals surface area (Å²) in [5.74, 6) is 0.388. The molecule has 0 spiro atoms. The number of rotatable bonds is 3. The van der Waals surface area contributed by atoms with Crippen molar-refractivity contribution in [2.45, 2.75) is 99.3 Å². The summed E-state index contributed by atoms with van der Waals surface area (Å²) in [5, 5.41) is 12.6. The van der Waals surface area contributed by atoms with Gasteiger partial charge in [0.05, 0.1) is 5.57 Å². The maximum atomic E-state index is 14.4. The van der Waals surface area contributed by atoms with Crippen molar-refractivity contribution in [3.8, 4) is 6.07 Å². The fourth-order valence-electron chi connectivity index (χ4n) is 10.3. The average molecular weight is 519 g/mol. The molecule has 1 unspecified atom stereocenters. The Hall–Kier alpha value is -2.22. The van der Waals surface area contributed by atoms with Crippen LogP contribution in [0.2, 0.25) is 0 Å². The Morgan fingerprint density at radius 1 is 1.05 bits per heavy atom. The minimum Gasteiger partial charge on any atom is -0.359 e. The smallest absolute Gasteiger partial charge is 0.219 e. The highest BCUT2D eigenvalue weighted by Gasteiger charge is 2.68. The lowest BCUT2D eigenvalue weighted by Gasteiger charge is -2.69. The summed E-state index contributed by atoms with van der Waals surface area (Å²) < 4.78 is 0. The molecule has 0 radical (unpaired) electrons. The van der Waals surface area contributed by atoms with Crippen LogP contribution < -0.4 is 5.32 Å². The zero-order valence-electron chi connectivity index (χ0n) is 24.5. The zero-order chi connectivity index (χ0) is 27.9. The van der Waals surface area contributed by atoms with Gasteiger partial charge in [-0.25, -0.2) is 0 Å². The third-order valence-corrected chi connectivity index (χ3v) is 12.8. The van der Waals surface area contributed by atoms with E-state index in [1.54, 1.807) is 7.05 Å². The SMILES string of the molecule is CNC(=O)CC[C@]12CCC(C)(C)CC1[C@@H]1C(=O)C=C3[C@@]4(C)C=C(C#N)C(=O)[C@@H](C)[C@@H]4CC[C@@]3(C)[C@]1(C)CC2. The summed E-state index contributed by atoms with van der Waals surface area (Å²) in [6.45, 7) is 13.6. The van der Waals surface area contributed by atoms with Crippen LogP contribution >= 0.6 is 0 Å². The monoisotopic (exact) mass is 518 g/mol. The van der Waals surface area contributed by atoms with E-state index in [0.717, 1.165) is 56.9 Å². The van der Waals surface area contributed by atoms with Gasteiger partial charge in [0, 0.05) is 30.7 Å². The predicted molar refractivity (Wildman–Crippen MR) is 148 cm³/mol. The maximum Gasteiger partial charge on any atom is 0.219 e. The molecule has 0 aromatic carbocycles. The predicted octanol–water partition coefficient (Wildman–Crippen LogP) is 6.34. The molecule has 3 saturated carbocycles. The summed E-state index contributed by atoms with van der Waals surface area (Å²) in [6.07, 6.45) is 12.5. The largest absolute Gasteiger partial charge is 0.359 e. The molecule has 0 heterocycles. The Morgan fingerprint density at radius 2 is 1.74 bits per heavy atom. The lowest BCUT2D eigenvalue weighted by Crippen LogP contribution is -2.64. The summed E-state index contributed by atoms with van der Waals surface area (Å²) in [6, 6.07) is 2.17. The zero-order valence-corrected chi connectivity index (χ0v) is 24.5. The second kappa shape index (κ2) is 8.64. The van der Waals surface area contributed by atoms with E-state index in [0.29, 0.717) is 6.42 Å². The Morgan fingerprint density at radius 3 is 2.39 bits per heavy atom. The van der Waals surface area contributed by atoms with Crippen molar-refractivity contribution < 1.29 is 14.4 Å². The topological polar surface area (TPSA) is 87.0 Å². The Balaban J connectivity index is 1.63. The van der Waals surface area contributed by atoms with Gasteiger partial charge in [-0.3, -0.25) is 14.4 Å². The van der Waals surface area contributed by atoms with Crippen LogP contribution in [0.1, 0.15) is 99.3 Å². The van der Waals surface area contributed by atoms with Gasteiger partial charge in [0.15, 0.2) is 11.6 Å². The summed E-state index contributed by atoms with van der Waals surface area (Å²) >= 11 is 0. The van der Waals surface area contributed by atoms with Crippen LogP contribution in [-0.4, -0.2) is 24.5 Å². The fraction of sp³-hybridized carbons (Fsp3) is 0.758. The first-order valence-electron chi connectivity index (χ1n) is 14.8. The van der Waals surface area contributed by atoms with Crippen molar-refractivity contribution >= 4 is 17.5 Å². The number of amides is 1. The van der Waals surface area contributed by atoms with E-state index in [1.807, 2.05) is 19.1 Å². The molecule has 5 nitrogen and oxygen atoms in total. The third-order valence-electron chi connectivity index (χ3n) is 12.8. The minimum atomic E-state index is -0.464. The number of hydrogen-bond acceptors (Lipinski definition) is 4. The van der Waals surface area contributed by atoms with Crippen LogP contribution in [0.15, 0.2) is 23.3 Å². The fourth-order valence-corrected chi connectivity index (χ4v) is 10.3. The van der Waals surface area contributed by atoms with Gasteiger partial charge in [0.25, 0.3) is 0 Å². The molecule has 0 bridgehead atoms. The molecule has 1 amide bonds. The molecule has 0 aromatic rings. The average Bonchev–Trinajstić information content (AvgIpc) is 2.86. The number of hydrogen-bond donors (Lipinski definition) is 1. The number of carbonyl (C=O) groups excluding carboxylic acids is 3. The Labute approximate surface area is 228 Å². The molecular weight excluding hydrogens is 472 g/mol. The van der Waals surface area contributed by atoms with E-state index in [9.17, 15) is 19.6 Å². The second-order valence-corrected chi connectivity index (χ2v) is 14.9. The first-order chi connectivity index (χ1) is 17.7. The van der Waals surface area contributed by atoms with E-state index in [2.05, 4.69) is 46.0 Å². The molecule has 0 aliphatic heterocycles. The van der Waals surface area contributed by atoms with Gasteiger partial charge >= 0.3 is 0 Å². The van der Waals surface area contributed by atoms with Gasteiger partial charge in [-0.2, -0.15) is 5.26 Å². The Bertz CT molecular complexity index is 1190. The molecule has 8 atom stereocenters. The molecule has 5 aliphatic rings. The first-order valence-corrected chi connectivity index (χ1v) is 14.8. The van der Waals surface area contributed by atoms with Crippen LogP contribution in [-0.2, 0) is 14.4 Å². The highest BCUT2D eigenvalue weighted by atomic mass is 16.1.